The first-order valence-corrected chi connectivity index (χ1v) is 11.4. The van der Waals surface area contributed by atoms with Crippen LogP contribution in [0.15, 0.2) is 47.1 Å². The number of carbonyl (C=O) groups excluding carboxylic acids is 4. The molecule has 4 rings (SSSR count). The summed E-state index contributed by atoms with van der Waals surface area (Å²) in [5.74, 6) is -2.26. The molecule has 1 fully saturated rings. The Morgan fingerprint density at radius 2 is 1.71 bits per heavy atom. The van der Waals surface area contributed by atoms with Crippen LogP contribution in [0.1, 0.15) is 57.8 Å². The highest BCUT2D eigenvalue weighted by atomic mass is 16.7. The summed E-state index contributed by atoms with van der Waals surface area (Å²) in [4.78, 5) is 53.6. The van der Waals surface area contributed by atoms with Crippen molar-refractivity contribution in [3.63, 3.8) is 0 Å². The number of rotatable bonds is 4. The molecule has 9 heteroatoms. The molecule has 0 radical (unpaired) electrons. The summed E-state index contributed by atoms with van der Waals surface area (Å²) in [6.07, 6.45) is 1.91. The van der Waals surface area contributed by atoms with Crippen molar-refractivity contribution in [2.75, 3.05) is 11.7 Å². The van der Waals surface area contributed by atoms with E-state index in [0.717, 1.165) is 10.6 Å². The third-order valence-electron chi connectivity index (χ3n) is 7.51. The molecule has 1 saturated carbocycles. The number of esters is 1. The lowest BCUT2D eigenvalue weighted by atomic mass is 9.67. The molecule has 0 heterocycles. The number of ketones is 1. The number of anilines is 1. The fraction of sp³-hybridized carbons (Fsp3) is 0.462. The second-order valence-electron chi connectivity index (χ2n) is 10.0. The average molecular weight is 484 g/mol. The summed E-state index contributed by atoms with van der Waals surface area (Å²) in [6, 6.07) is 5.72. The second-order valence-corrected chi connectivity index (χ2v) is 10.0. The Kier molecular flexibility index (Phi) is 5.77. The second kappa shape index (κ2) is 8.13. The molecule has 186 valence electrons. The number of hydroxylamine groups is 1. The zero-order valence-corrected chi connectivity index (χ0v) is 20.4. The number of benzene rings is 1. The highest BCUT2D eigenvalue weighted by Crippen LogP contribution is 2.65. The SMILES string of the molecule is CC(=O)ON(C(C)=O)c1ccc(C(=O)OC[C@]2(C)C=C3C(=O)C(C)(O)C4(CC4)C(C)=C3C2O)cc1. The van der Waals surface area contributed by atoms with Crippen LogP contribution in [-0.4, -0.2) is 52.2 Å². The largest absolute Gasteiger partial charge is 0.461 e. The summed E-state index contributed by atoms with van der Waals surface area (Å²) in [7, 11) is 0. The molecule has 3 aliphatic rings. The van der Waals surface area contributed by atoms with Gasteiger partial charge in [0.05, 0.1) is 22.8 Å². The van der Waals surface area contributed by atoms with Crippen molar-refractivity contribution in [1.29, 1.82) is 0 Å². The van der Waals surface area contributed by atoms with Gasteiger partial charge in [-0.15, -0.1) is 5.06 Å². The minimum absolute atomic E-state index is 0.188. The third kappa shape index (κ3) is 3.79. The molecule has 0 bridgehead atoms. The summed E-state index contributed by atoms with van der Waals surface area (Å²) in [5.41, 5.74) is -1.14. The van der Waals surface area contributed by atoms with Gasteiger partial charge in [0.1, 0.15) is 12.2 Å². The van der Waals surface area contributed by atoms with E-state index in [1.165, 1.54) is 45.0 Å². The van der Waals surface area contributed by atoms with Gasteiger partial charge < -0.3 is 19.8 Å². The van der Waals surface area contributed by atoms with Gasteiger partial charge in [0.15, 0.2) is 5.78 Å². The number of carbonyl (C=O) groups is 4. The van der Waals surface area contributed by atoms with E-state index in [9.17, 15) is 29.4 Å². The Hall–Kier alpha value is -3.30. The van der Waals surface area contributed by atoms with E-state index < -0.39 is 46.2 Å². The minimum Gasteiger partial charge on any atom is -0.461 e. The highest BCUT2D eigenvalue weighted by molar-refractivity contribution is 6.09. The molecule has 1 aromatic rings. The quantitative estimate of drug-likeness (QED) is 0.493. The molecule has 0 saturated heterocycles. The first-order chi connectivity index (χ1) is 16.2. The zero-order valence-electron chi connectivity index (χ0n) is 20.4. The van der Waals surface area contributed by atoms with Crippen LogP contribution in [0, 0.1) is 10.8 Å². The Labute approximate surface area is 203 Å². The maximum absolute atomic E-state index is 13.1. The normalized spacial score (nSPS) is 28.4. The number of aliphatic hydroxyl groups excluding tert-OH is 1. The van der Waals surface area contributed by atoms with Gasteiger partial charge in [-0.25, -0.2) is 9.59 Å². The number of fused-ring (bicyclic) bond motifs is 1. The lowest BCUT2D eigenvalue weighted by Crippen LogP contribution is -2.50. The number of hydrogen-bond donors (Lipinski definition) is 2. The van der Waals surface area contributed by atoms with E-state index in [-0.39, 0.29) is 23.4 Å². The number of ether oxygens (including phenoxy) is 1. The first kappa shape index (κ1) is 24.8. The fourth-order valence-electron chi connectivity index (χ4n) is 5.23. The first-order valence-electron chi connectivity index (χ1n) is 11.4. The van der Waals surface area contributed by atoms with Crippen molar-refractivity contribution in [1.82, 2.24) is 0 Å². The zero-order chi connectivity index (χ0) is 25.9. The van der Waals surface area contributed by atoms with Gasteiger partial charge in [-0.1, -0.05) is 11.6 Å². The molecule has 35 heavy (non-hydrogen) atoms. The summed E-state index contributed by atoms with van der Waals surface area (Å²) in [6.45, 7) is 7.29. The van der Waals surface area contributed by atoms with E-state index in [4.69, 9.17) is 9.57 Å². The molecule has 3 aliphatic carbocycles. The fourth-order valence-corrected chi connectivity index (χ4v) is 5.23. The number of aliphatic hydroxyl groups is 2. The Morgan fingerprint density at radius 3 is 2.23 bits per heavy atom. The van der Waals surface area contributed by atoms with Gasteiger partial charge in [0.2, 0.25) is 0 Å². The van der Waals surface area contributed by atoms with Crippen LogP contribution < -0.4 is 5.06 Å². The van der Waals surface area contributed by atoms with E-state index in [2.05, 4.69) is 0 Å². The Morgan fingerprint density at radius 1 is 1.11 bits per heavy atom. The summed E-state index contributed by atoms with van der Waals surface area (Å²) in [5, 5.41) is 22.9. The number of amides is 1. The summed E-state index contributed by atoms with van der Waals surface area (Å²) >= 11 is 0. The van der Waals surface area contributed by atoms with Crippen molar-refractivity contribution in [3.05, 3.63) is 52.6 Å². The average Bonchev–Trinajstić information content (AvgIpc) is 3.57. The predicted octanol–water partition coefficient (Wildman–Crippen LogP) is 2.41. The highest BCUT2D eigenvalue weighted by Gasteiger charge is 2.66. The maximum atomic E-state index is 13.1. The molecule has 2 N–H and O–H groups in total. The smallest absolute Gasteiger partial charge is 0.338 e. The minimum atomic E-state index is -1.53. The number of hydrogen-bond acceptors (Lipinski definition) is 8. The lowest BCUT2D eigenvalue weighted by molar-refractivity contribution is -0.147. The van der Waals surface area contributed by atoms with E-state index in [0.29, 0.717) is 18.4 Å². The van der Waals surface area contributed by atoms with Crippen LogP contribution in [0.3, 0.4) is 0 Å². The number of nitrogens with zero attached hydrogens (tertiary/aromatic N) is 1. The molecule has 1 amide bonds. The van der Waals surface area contributed by atoms with Crippen LogP contribution in [0.25, 0.3) is 0 Å². The Balaban J connectivity index is 1.51. The third-order valence-corrected chi connectivity index (χ3v) is 7.51. The molecule has 3 atom stereocenters. The van der Waals surface area contributed by atoms with Crippen LogP contribution in [0.2, 0.25) is 0 Å². The van der Waals surface area contributed by atoms with Crippen LogP contribution in [0.5, 0.6) is 0 Å². The molecule has 2 unspecified atom stereocenters. The van der Waals surface area contributed by atoms with Gasteiger partial charge in [0, 0.05) is 24.8 Å². The van der Waals surface area contributed by atoms with Gasteiger partial charge in [0.25, 0.3) is 5.91 Å². The maximum Gasteiger partial charge on any atom is 0.338 e. The van der Waals surface area contributed by atoms with Crippen molar-refractivity contribution in [3.8, 4) is 0 Å². The van der Waals surface area contributed by atoms with Gasteiger partial charge in [-0.05, 0) is 63.5 Å². The van der Waals surface area contributed by atoms with Crippen molar-refractivity contribution in [2.24, 2.45) is 10.8 Å². The molecular weight excluding hydrogens is 454 g/mol. The molecule has 0 aromatic heterocycles. The van der Waals surface area contributed by atoms with Crippen LogP contribution in [-0.2, 0) is 24.0 Å². The van der Waals surface area contributed by atoms with Crippen molar-refractivity contribution >= 4 is 29.3 Å². The topological polar surface area (TPSA) is 130 Å². The van der Waals surface area contributed by atoms with Gasteiger partial charge in [-0.2, -0.15) is 0 Å². The molecule has 1 aromatic carbocycles. The van der Waals surface area contributed by atoms with Gasteiger partial charge >= 0.3 is 11.9 Å². The predicted molar refractivity (Wildman–Crippen MR) is 124 cm³/mol. The van der Waals surface area contributed by atoms with E-state index in [1.807, 2.05) is 6.92 Å². The van der Waals surface area contributed by atoms with Crippen LogP contribution in [0.4, 0.5) is 5.69 Å². The number of Topliss-reactive ketones (excluding diaryl/α,β-unsaturated/α-hetero) is 1. The molecule has 0 aliphatic heterocycles. The summed E-state index contributed by atoms with van der Waals surface area (Å²) < 4.78 is 5.49. The van der Waals surface area contributed by atoms with Crippen molar-refractivity contribution in [2.45, 2.75) is 59.2 Å². The monoisotopic (exact) mass is 483 g/mol. The molecule has 9 nitrogen and oxygen atoms in total. The van der Waals surface area contributed by atoms with Crippen molar-refractivity contribution < 1.29 is 39.0 Å². The van der Waals surface area contributed by atoms with Gasteiger partial charge in [-0.3, -0.25) is 9.59 Å². The standard InChI is InChI=1S/C26H29NO8/c1-14-20-19(21(30)25(5,33)26(14)10-11-26)12-24(4,22(20)31)13-34-23(32)17-6-8-18(9-7-17)27(15(2)28)35-16(3)29/h6-9,12,22,31,33H,10-11,13H2,1-5H3/t22?,24-,25?/m0/s1. The van der Waals surface area contributed by atoms with E-state index in [1.54, 1.807) is 13.0 Å². The molecular formula is C26H29NO8. The van der Waals surface area contributed by atoms with E-state index >= 15 is 0 Å². The molecule has 1 spiro atoms. The Bertz CT molecular complexity index is 1190. The lowest BCUT2D eigenvalue weighted by Gasteiger charge is -2.39. The van der Waals surface area contributed by atoms with Crippen LogP contribution >= 0.6 is 0 Å².